The normalized spacial score (nSPS) is 23.4. The lowest BCUT2D eigenvalue weighted by Crippen LogP contribution is -2.36. The minimum Gasteiger partial charge on any atom is -0.398 e. The molecule has 0 bridgehead atoms. The maximum atomic E-state index is 6.79. The van der Waals surface area contributed by atoms with E-state index in [0.29, 0.717) is 0 Å². The highest BCUT2D eigenvalue weighted by atomic mass is 35.5. The highest BCUT2D eigenvalue weighted by Gasteiger charge is 2.60. The van der Waals surface area contributed by atoms with Gasteiger partial charge in [-0.2, -0.15) is 0 Å². The second-order valence-corrected chi connectivity index (χ2v) is 8.77. The van der Waals surface area contributed by atoms with Gasteiger partial charge in [-0.15, -0.1) is 24.8 Å². The van der Waals surface area contributed by atoms with Crippen molar-refractivity contribution >= 4 is 58.0 Å². The van der Waals surface area contributed by atoms with Crippen LogP contribution < -0.4 is 11.5 Å². The van der Waals surface area contributed by atoms with Crippen molar-refractivity contribution in [2.24, 2.45) is 5.41 Å². The number of pyridine rings is 2. The Morgan fingerprint density at radius 2 is 1.10 bits per heavy atom. The van der Waals surface area contributed by atoms with Gasteiger partial charge in [0.2, 0.25) is 0 Å². The Labute approximate surface area is 187 Å². The zero-order chi connectivity index (χ0) is 19.3. The van der Waals surface area contributed by atoms with Gasteiger partial charge in [0.25, 0.3) is 0 Å². The Hall–Kier alpha value is -2.56. The first-order valence-corrected chi connectivity index (χ1v) is 9.79. The number of hydrogen-bond donors (Lipinski definition) is 2. The number of nitrogens with two attached hydrogens (primary N) is 2. The quantitative estimate of drug-likeness (QED) is 0.394. The highest BCUT2D eigenvalue weighted by Crippen LogP contribution is 2.64. The third-order valence-electron chi connectivity index (χ3n) is 7.34. The number of hydrogen-bond acceptors (Lipinski definition) is 4. The predicted octanol–water partition coefficient (Wildman–Crippen LogP) is 5.22. The predicted molar refractivity (Wildman–Crippen MR) is 129 cm³/mol. The average molecular weight is 439 g/mol. The van der Waals surface area contributed by atoms with Crippen molar-refractivity contribution < 1.29 is 0 Å². The van der Waals surface area contributed by atoms with Gasteiger partial charge in [0.1, 0.15) is 0 Å². The number of nitrogens with zero attached hydrogens (tertiary/aromatic N) is 2. The summed E-state index contributed by atoms with van der Waals surface area (Å²) in [6.07, 6.45) is 1.78. The van der Waals surface area contributed by atoms with Crippen molar-refractivity contribution in [1.82, 2.24) is 9.97 Å². The molecule has 6 rings (SSSR count). The topological polar surface area (TPSA) is 77.8 Å². The van der Waals surface area contributed by atoms with Gasteiger partial charge in [0.05, 0.1) is 11.0 Å². The van der Waals surface area contributed by atoms with Crippen LogP contribution in [0, 0.1) is 5.41 Å². The SMILES string of the molecule is CC12Cc3nc4ccccc4c(N)c3C1(C)c1c(nc3ccccc3c1N)C2.Cl.Cl. The molecule has 30 heavy (non-hydrogen) atoms. The Kier molecular flexibility index (Phi) is 4.46. The number of para-hydroxylation sites is 2. The standard InChI is InChI=1S/C24H22N4.2ClH/c1-23-11-17-19(21(25)13-7-3-5-9-15(13)27-17)24(23,2)20-18(12-23)28-16-10-6-4-8-14(16)22(20)26;;/h3-10H,11-12H2,1-2H3,(H2,25,27)(H2,26,28);2*1H. The molecule has 0 amide bonds. The van der Waals surface area contributed by atoms with Crippen molar-refractivity contribution in [2.45, 2.75) is 32.1 Å². The lowest BCUT2D eigenvalue weighted by molar-refractivity contribution is 0.244. The van der Waals surface area contributed by atoms with Crippen molar-refractivity contribution in [3.05, 3.63) is 71.0 Å². The van der Waals surface area contributed by atoms with Crippen LogP contribution in [0.3, 0.4) is 0 Å². The molecular formula is C24H24Cl2N4. The van der Waals surface area contributed by atoms with Crippen LogP contribution in [-0.4, -0.2) is 9.97 Å². The fourth-order valence-corrected chi connectivity index (χ4v) is 5.84. The Bertz CT molecular complexity index is 1240. The molecule has 0 fully saturated rings. The molecule has 2 heterocycles. The fraction of sp³-hybridized carbons (Fsp3) is 0.250. The minimum absolute atomic E-state index is 0. The molecule has 0 unspecified atom stereocenters. The summed E-state index contributed by atoms with van der Waals surface area (Å²) in [5.74, 6) is 0. The molecular weight excluding hydrogens is 415 g/mol. The maximum absolute atomic E-state index is 6.79. The molecule has 4 aromatic rings. The molecule has 2 aliphatic rings. The van der Waals surface area contributed by atoms with E-state index in [1.807, 2.05) is 36.4 Å². The van der Waals surface area contributed by atoms with E-state index in [9.17, 15) is 0 Å². The van der Waals surface area contributed by atoms with E-state index in [1.54, 1.807) is 0 Å². The number of rotatable bonds is 0. The molecule has 6 heteroatoms. The fourth-order valence-electron chi connectivity index (χ4n) is 5.84. The van der Waals surface area contributed by atoms with Gasteiger partial charge < -0.3 is 11.5 Å². The van der Waals surface area contributed by atoms with E-state index in [-0.39, 0.29) is 35.6 Å². The van der Waals surface area contributed by atoms with Gasteiger partial charge in [-0.1, -0.05) is 50.2 Å². The molecule has 4 nitrogen and oxygen atoms in total. The summed E-state index contributed by atoms with van der Waals surface area (Å²) in [4.78, 5) is 10.0. The Morgan fingerprint density at radius 1 is 0.700 bits per heavy atom. The lowest BCUT2D eigenvalue weighted by Gasteiger charge is -2.37. The number of aromatic nitrogens is 2. The van der Waals surface area contributed by atoms with Crippen molar-refractivity contribution in [2.75, 3.05) is 11.5 Å². The van der Waals surface area contributed by atoms with Crippen LogP contribution in [0.2, 0.25) is 0 Å². The zero-order valence-electron chi connectivity index (χ0n) is 16.9. The third-order valence-corrected chi connectivity index (χ3v) is 7.34. The van der Waals surface area contributed by atoms with E-state index >= 15 is 0 Å². The summed E-state index contributed by atoms with van der Waals surface area (Å²) >= 11 is 0. The lowest BCUT2D eigenvalue weighted by atomic mass is 9.65. The smallest absolute Gasteiger partial charge is 0.0726 e. The Balaban J connectivity index is 0.00000109. The van der Waals surface area contributed by atoms with Crippen LogP contribution in [0.15, 0.2) is 48.5 Å². The van der Waals surface area contributed by atoms with Gasteiger partial charge >= 0.3 is 0 Å². The summed E-state index contributed by atoms with van der Waals surface area (Å²) in [6, 6.07) is 16.3. The van der Waals surface area contributed by atoms with E-state index in [4.69, 9.17) is 21.4 Å². The summed E-state index contributed by atoms with van der Waals surface area (Å²) in [7, 11) is 0. The minimum atomic E-state index is -0.292. The van der Waals surface area contributed by atoms with E-state index in [0.717, 1.165) is 68.5 Å². The van der Waals surface area contributed by atoms with E-state index in [1.165, 1.54) is 0 Å². The molecule has 2 aromatic heterocycles. The van der Waals surface area contributed by atoms with Crippen molar-refractivity contribution in [3.63, 3.8) is 0 Å². The van der Waals surface area contributed by atoms with Crippen LogP contribution >= 0.6 is 24.8 Å². The molecule has 0 saturated carbocycles. The second kappa shape index (κ2) is 6.47. The summed E-state index contributed by atoms with van der Waals surface area (Å²) < 4.78 is 0. The van der Waals surface area contributed by atoms with Gasteiger partial charge in [0.15, 0.2) is 0 Å². The molecule has 0 aliphatic heterocycles. The molecule has 2 aromatic carbocycles. The molecule has 0 radical (unpaired) electrons. The maximum Gasteiger partial charge on any atom is 0.0726 e. The van der Waals surface area contributed by atoms with Crippen molar-refractivity contribution in [3.8, 4) is 0 Å². The van der Waals surface area contributed by atoms with Crippen LogP contribution in [0.5, 0.6) is 0 Å². The molecule has 0 spiro atoms. The molecule has 2 aliphatic carbocycles. The van der Waals surface area contributed by atoms with Gasteiger partial charge in [-0.25, -0.2) is 0 Å². The highest BCUT2D eigenvalue weighted by molar-refractivity contribution is 5.97. The first-order valence-electron chi connectivity index (χ1n) is 9.79. The first-order chi connectivity index (χ1) is 13.4. The van der Waals surface area contributed by atoms with Crippen LogP contribution in [0.4, 0.5) is 11.4 Å². The van der Waals surface area contributed by atoms with Crippen LogP contribution in [0.1, 0.15) is 36.4 Å². The Morgan fingerprint density at radius 3 is 1.53 bits per heavy atom. The van der Waals surface area contributed by atoms with E-state index in [2.05, 4.69) is 26.0 Å². The summed E-state index contributed by atoms with van der Waals surface area (Å²) in [5, 5.41) is 2.04. The third kappa shape index (κ3) is 2.24. The van der Waals surface area contributed by atoms with Gasteiger partial charge in [-0.3, -0.25) is 9.97 Å². The number of halogens is 2. The number of fused-ring (bicyclic) bond motifs is 7. The second-order valence-electron chi connectivity index (χ2n) is 8.77. The zero-order valence-corrected chi connectivity index (χ0v) is 18.5. The largest absolute Gasteiger partial charge is 0.398 e. The van der Waals surface area contributed by atoms with Crippen molar-refractivity contribution in [1.29, 1.82) is 0 Å². The van der Waals surface area contributed by atoms with E-state index < -0.39 is 0 Å². The van der Waals surface area contributed by atoms with Gasteiger partial charge in [0, 0.05) is 50.1 Å². The number of benzene rings is 2. The summed E-state index contributed by atoms with van der Waals surface area (Å²) in [5.41, 5.74) is 21.4. The number of anilines is 2. The number of nitrogen functional groups attached to an aromatic ring is 2. The summed E-state index contributed by atoms with van der Waals surface area (Å²) in [6.45, 7) is 4.63. The van der Waals surface area contributed by atoms with Gasteiger partial charge in [-0.05, 0) is 30.4 Å². The van der Waals surface area contributed by atoms with Crippen LogP contribution in [-0.2, 0) is 18.3 Å². The van der Waals surface area contributed by atoms with Crippen LogP contribution in [0.25, 0.3) is 21.8 Å². The molecule has 4 N–H and O–H groups in total. The average Bonchev–Trinajstić information content (AvgIpc) is 3.02. The molecule has 0 atom stereocenters. The molecule has 154 valence electrons. The monoisotopic (exact) mass is 438 g/mol. The first kappa shape index (κ1) is 20.7. The molecule has 0 saturated heterocycles.